The molecule has 0 spiro atoms. The number of nitrogens with two attached hydrogens (primary N) is 1. The van der Waals surface area contributed by atoms with Crippen LogP contribution in [0.25, 0.3) is 0 Å². The summed E-state index contributed by atoms with van der Waals surface area (Å²) >= 11 is 0. The topological polar surface area (TPSA) is 143 Å². The third kappa shape index (κ3) is 21.0. The number of hydrogen-bond acceptors (Lipinski definition) is 13. The molecule has 0 amide bonds. The normalized spacial score (nSPS) is 19.1. The highest BCUT2D eigenvalue weighted by Gasteiger charge is 2.53. The summed E-state index contributed by atoms with van der Waals surface area (Å²) in [6.07, 6.45) is 24.9. The van der Waals surface area contributed by atoms with Crippen molar-refractivity contribution in [2.75, 3.05) is 82.5 Å². The molecule has 0 aromatic carbocycles. The zero-order valence-corrected chi connectivity index (χ0v) is 60.5. The molecule has 17 nitrogen and oxygen atoms in total. The minimum Gasteiger partial charge on any atom is -0.369 e. The van der Waals surface area contributed by atoms with E-state index < -0.39 is 5.54 Å². The van der Waals surface area contributed by atoms with Gasteiger partial charge in [-0.05, 0) is 165 Å². The quantitative estimate of drug-likeness (QED) is 0.0378. The first-order valence-corrected chi connectivity index (χ1v) is 35.9. The molecule has 2 N–H and O–H groups in total. The Morgan fingerprint density at radius 3 is 1.28 bits per heavy atom. The van der Waals surface area contributed by atoms with Crippen LogP contribution in [0.3, 0.4) is 0 Å². The van der Waals surface area contributed by atoms with Gasteiger partial charge in [0.25, 0.3) is 0 Å². The first-order chi connectivity index (χ1) is 41.9. The van der Waals surface area contributed by atoms with Crippen LogP contribution in [0.4, 0.5) is 11.9 Å². The van der Waals surface area contributed by atoms with Gasteiger partial charge in [-0.1, -0.05) is 127 Å². The van der Waals surface area contributed by atoms with Gasteiger partial charge in [-0.3, -0.25) is 24.4 Å². The standard InChI is InChI=1S/C71H136N14O3/c1-22-32-41-78(42-33-23-2)65-74-62(75-66(77-65)79(43-34-24-3)44-35-25-4)71(30-9,31-10)82(61-55-69(17,18)85(88-50-29-8)70(19,20)56-61)47-40-38-37-39-46-80(59-51-57(11)83(58(12)52-59)86-48-27-6)63(72)76-64(73-21)81(45-36-26-5)60-53-67(13,14)84(87-49-28-7)68(15,16)54-60/h59-61H,11-12,22-56H2,1-10,13-21H3,(H2,72,73,76). The lowest BCUT2D eigenvalue weighted by Crippen LogP contribution is -2.66. The number of nitrogens with zero attached hydrogens (tertiary/aromatic N) is 13. The Bertz CT molecular complexity index is 2140. The average molecular weight is 1230 g/mol. The van der Waals surface area contributed by atoms with Crippen LogP contribution in [0.1, 0.15) is 291 Å². The molecule has 0 atom stereocenters. The minimum absolute atomic E-state index is 0.0169. The number of guanidine groups is 2. The molecule has 3 saturated heterocycles. The molecule has 1 aromatic rings. The van der Waals surface area contributed by atoms with Gasteiger partial charge in [-0.2, -0.15) is 30.1 Å². The molecule has 0 aliphatic carbocycles. The Kier molecular flexibility index (Phi) is 32.5. The molecule has 1 aromatic heterocycles. The lowest BCUT2D eigenvalue weighted by Gasteiger charge is -2.58. The van der Waals surface area contributed by atoms with Crippen molar-refractivity contribution >= 4 is 23.8 Å². The molecule has 88 heavy (non-hydrogen) atoms. The van der Waals surface area contributed by atoms with E-state index in [1.54, 1.807) is 0 Å². The Hall–Kier alpha value is -3.61. The third-order valence-corrected chi connectivity index (χ3v) is 19.0. The van der Waals surface area contributed by atoms with Gasteiger partial charge in [0.1, 0.15) is 0 Å². The fourth-order valence-electron chi connectivity index (χ4n) is 14.8. The summed E-state index contributed by atoms with van der Waals surface area (Å²) in [4.78, 5) is 59.4. The Balaban J connectivity index is 1.79. The second-order valence-electron chi connectivity index (χ2n) is 28.7. The number of hydroxylamine groups is 6. The predicted octanol–water partition coefficient (Wildman–Crippen LogP) is 15.8. The van der Waals surface area contributed by atoms with Crippen LogP contribution in [0.5, 0.6) is 0 Å². The molecule has 3 aliphatic rings. The zero-order valence-electron chi connectivity index (χ0n) is 60.5. The van der Waals surface area contributed by atoms with Crippen LogP contribution in [-0.2, 0) is 20.1 Å². The molecule has 0 saturated carbocycles. The third-order valence-electron chi connectivity index (χ3n) is 19.0. The molecule has 508 valence electrons. The molecular weight excluding hydrogens is 1100 g/mol. The van der Waals surface area contributed by atoms with Crippen LogP contribution in [0, 0.1) is 0 Å². The van der Waals surface area contributed by atoms with Crippen LogP contribution in [0.15, 0.2) is 34.5 Å². The maximum Gasteiger partial charge on any atom is 0.230 e. The van der Waals surface area contributed by atoms with Gasteiger partial charge in [0.05, 0.1) is 25.4 Å². The van der Waals surface area contributed by atoms with Crippen LogP contribution < -0.4 is 15.5 Å². The van der Waals surface area contributed by atoms with E-state index in [1.807, 2.05) is 12.1 Å². The van der Waals surface area contributed by atoms with E-state index in [0.29, 0.717) is 44.6 Å². The van der Waals surface area contributed by atoms with Crippen molar-refractivity contribution in [3.05, 3.63) is 30.4 Å². The second kappa shape index (κ2) is 37.2. The monoisotopic (exact) mass is 1230 g/mol. The molecule has 0 bridgehead atoms. The SMILES string of the molecule is C=C1CC(N(CCCCCCN(C2CC(C)(C)N(OCCC)C(C)(C)C2)C(CC)(CC)c2nc(N(CCCC)CCCC)nc(N(CCCC)CCCC)n2)C(N)=NC(=NC)N(CCCC)C2CC(C)(C)N(OCCC)C(C)(C)C2)CC(=C)N1OCCC. The van der Waals surface area contributed by atoms with Crippen molar-refractivity contribution in [2.24, 2.45) is 15.7 Å². The van der Waals surface area contributed by atoms with Gasteiger partial charge in [-0.15, -0.1) is 0 Å². The van der Waals surface area contributed by atoms with Crippen LogP contribution in [-0.4, -0.2) is 170 Å². The van der Waals surface area contributed by atoms with Gasteiger partial charge >= 0.3 is 0 Å². The van der Waals surface area contributed by atoms with Gasteiger partial charge in [-0.25, -0.2) is 5.06 Å². The molecule has 4 rings (SSSR count). The van der Waals surface area contributed by atoms with Gasteiger partial charge < -0.3 is 25.3 Å². The molecule has 0 radical (unpaired) electrons. The van der Waals surface area contributed by atoms with Crippen molar-refractivity contribution in [3.8, 4) is 0 Å². The van der Waals surface area contributed by atoms with Gasteiger partial charge in [0.2, 0.25) is 17.9 Å². The molecule has 4 heterocycles. The Labute approximate surface area is 540 Å². The van der Waals surface area contributed by atoms with E-state index in [2.05, 4.69) is 172 Å². The Morgan fingerprint density at radius 2 is 0.886 bits per heavy atom. The highest BCUT2D eigenvalue weighted by atomic mass is 16.7. The van der Waals surface area contributed by atoms with Crippen molar-refractivity contribution in [1.82, 2.24) is 44.8 Å². The number of aliphatic imine (C=N–C) groups is 2. The number of piperidine rings is 3. The van der Waals surface area contributed by atoms with Crippen LogP contribution >= 0.6 is 0 Å². The molecule has 0 unspecified atom stereocenters. The van der Waals surface area contributed by atoms with Crippen molar-refractivity contribution in [2.45, 2.75) is 331 Å². The zero-order chi connectivity index (χ0) is 65.3. The second-order valence-corrected chi connectivity index (χ2v) is 28.7. The molecular formula is C71H136N14O3. The lowest BCUT2D eigenvalue weighted by atomic mass is 9.75. The van der Waals surface area contributed by atoms with Crippen molar-refractivity contribution in [1.29, 1.82) is 0 Å². The first kappa shape index (κ1) is 76.8. The largest absolute Gasteiger partial charge is 0.369 e. The summed E-state index contributed by atoms with van der Waals surface area (Å²) in [5.74, 6) is 3.84. The van der Waals surface area contributed by atoms with Gasteiger partial charge in [0, 0.05) is 111 Å². The van der Waals surface area contributed by atoms with E-state index >= 15 is 0 Å². The summed E-state index contributed by atoms with van der Waals surface area (Å²) in [5.41, 5.74) is 7.98. The highest BCUT2D eigenvalue weighted by molar-refractivity contribution is 5.94. The summed E-state index contributed by atoms with van der Waals surface area (Å²) < 4.78 is 0. The maximum absolute atomic E-state index is 7.44. The minimum atomic E-state index is -0.435. The van der Waals surface area contributed by atoms with E-state index in [4.69, 9.17) is 45.2 Å². The first-order valence-electron chi connectivity index (χ1n) is 35.9. The summed E-state index contributed by atoms with van der Waals surface area (Å²) in [6.45, 7) is 59.0. The number of rotatable bonds is 40. The summed E-state index contributed by atoms with van der Waals surface area (Å²) in [5, 5.41) is 6.47. The van der Waals surface area contributed by atoms with Gasteiger partial charge in [0.15, 0.2) is 11.8 Å². The number of aromatic nitrogens is 3. The molecule has 17 heteroatoms. The molecule has 3 aliphatic heterocycles. The molecule has 3 fully saturated rings. The number of hydrogen-bond donors (Lipinski definition) is 1. The van der Waals surface area contributed by atoms with Crippen molar-refractivity contribution < 1.29 is 14.5 Å². The maximum atomic E-state index is 7.44. The predicted molar refractivity (Wildman–Crippen MR) is 373 cm³/mol. The lowest BCUT2D eigenvalue weighted by molar-refractivity contribution is -0.290. The van der Waals surface area contributed by atoms with Crippen molar-refractivity contribution in [3.63, 3.8) is 0 Å². The summed E-state index contributed by atoms with van der Waals surface area (Å²) in [6, 6.07) is 0.473. The number of unbranched alkanes of at least 4 members (excludes halogenated alkanes) is 8. The van der Waals surface area contributed by atoms with E-state index in [9.17, 15) is 0 Å². The highest BCUT2D eigenvalue weighted by Crippen LogP contribution is 2.47. The van der Waals surface area contributed by atoms with E-state index in [0.717, 1.165) is 223 Å². The Morgan fingerprint density at radius 1 is 0.500 bits per heavy atom. The van der Waals surface area contributed by atoms with E-state index in [1.165, 1.54) is 0 Å². The fraction of sp³-hybridized carbons (Fsp3) is 0.873. The fourth-order valence-corrected chi connectivity index (χ4v) is 14.8. The summed E-state index contributed by atoms with van der Waals surface area (Å²) in [7, 11) is 1.88. The van der Waals surface area contributed by atoms with E-state index in [-0.39, 0.29) is 40.3 Å². The van der Waals surface area contributed by atoms with Crippen LogP contribution in [0.2, 0.25) is 0 Å². The number of anilines is 2. The average Bonchev–Trinajstić information content (AvgIpc) is 3.16. The smallest absolute Gasteiger partial charge is 0.230 e.